The smallest absolute Gasteiger partial charge is 0.242 e. The molecule has 0 radical (unpaired) electrons. The Morgan fingerprint density at radius 1 is 1.45 bits per heavy atom. The van der Waals surface area contributed by atoms with Gasteiger partial charge in [0.05, 0.1) is 15.1 Å². The number of carbonyl (C=O) groups excluding carboxylic acids is 1. The molecule has 1 aromatic carbocycles. The molecule has 1 amide bonds. The van der Waals surface area contributed by atoms with E-state index < -0.39 is 10.0 Å². The maximum Gasteiger partial charge on any atom is 0.242 e. The van der Waals surface area contributed by atoms with Crippen molar-refractivity contribution in [2.45, 2.75) is 18.7 Å². The van der Waals surface area contributed by atoms with Crippen LogP contribution in [-0.4, -0.2) is 37.2 Å². The number of benzene rings is 1. The van der Waals surface area contributed by atoms with Gasteiger partial charge < -0.3 is 5.32 Å². The minimum Gasteiger partial charge on any atom is -0.302 e. The van der Waals surface area contributed by atoms with Gasteiger partial charge >= 0.3 is 0 Å². The summed E-state index contributed by atoms with van der Waals surface area (Å²) in [6.07, 6.45) is 0. The van der Waals surface area contributed by atoms with E-state index in [-0.39, 0.29) is 10.8 Å². The first-order valence-electron chi connectivity index (χ1n) is 5.99. The number of carbonyl (C=O) groups is 1. The summed E-state index contributed by atoms with van der Waals surface area (Å²) >= 11 is 1.25. The third-order valence-electron chi connectivity index (χ3n) is 2.80. The molecule has 108 valence electrons. The van der Waals surface area contributed by atoms with E-state index in [1.807, 2.05) is 0 Å². The van der Waals surface area contributed by atoms with Crippen molar-refractivity contribution in [2.24, 2.45) is 0 Å². The molecule has 8 heteroatoms. The lowest BCUT2D eigenvalue weighted by Crippen LogP contribution is -2.26. The Morgan fingerprint density at radius 3 is 2.75 bits per heavy atom. The fraction of sp³-hybridized carbons (Fsp3) is 0.333. The van der Waals surface area contributed by atoms with Gasteiger partial charge in [-0.25, -0.2) is 17.7 Å². The molecule has 0 atom stereocenters. The van der Waals surface area contributed by atoms with Crippen LogP contribution in [0.1, 0.15) is 13.8 Å². The summed E-state index contributed by atoms with van der Waals surface area (Å²) in [5, 5.41) is 3.06. The van der Waals surface area contributed by atoms with E-state index in [2.05, 4.69) is 10.3 Å². The summed E-state index contributed by atoms with van der Waals surface area (Å²) in [6.45, 7) is 3.58. The minimum absolute atomic E-state index is 0.206. The first kappa shape index (κ1) is 14.9. The number of aromatic nitrogens is 1. The van der Waals surface area contributed by atoms with Crippen molar-refractivity contribution in [3.63, 3.8) is 0 Å². The highest BCUT2D eigenvalue weighted by atomic mass is 32.2. The molecule has 1 aromatic heterocycles. The number of amides is 1. The van der Waals surface area contributed by atoms with Crippen LogP contribution in [0.5, 0.6) is 0 Å². The number of nitrogens with one attached hydrogen (secondary N) is 1. The van der Waals surface area contributed by atoms with Crippen molar-refractivity contribution < 1.29 is 13.2 Å². The van der Waals surface area contributed by atoms with Crippen LogP contribution in [0.3, 0.4) is 0 Å². The zero-order valence-corrected chi connectivity index (χ0v) is 13.0. The molecule has 0 saturated heterocycles. The van der Waals surface area contributed by atoms with Crippen LogP contribution in [-0.2, 0) is 14.8 Å². The van der Waals surface area contributed by atoms with Crippen LogP contribution in [0.15, 0.2) is 23.1 Å². The molecule has 0 bridgehead atoms. The van der Waals surface area contributed by atoms with E-state index in [0.29, 0.717) is 17.2 Å². The van der Waals surface area contributed by atoms with Gasteiger partial charge in [0.25, 0.3) is 0 Å². The van der Waals surface area contributed by atoms with E-state index >= 15 is 0 Å². The molecule has 1 N–H and O–H groups in total. The van der Waals surface area contributed by atoms with Crippen LogP contribution in [0.2, 0.25) is 0 Å². The second-order valence-electron chi connectivity index (χ2n) is 4.25. The maximum absolute atomic E-state index is 12.2. The predicted molar refractivity (Wildman–Crippen MR) is 79.4 cm³/mol. The van der Waals surface area contributed by atoms with E-state index in [4.69, 9.17) is 0 Å². The topological polar surface area (TPSA) is 79.4 Å². The monoisotopic (exact) mass is 313 g/mol. The molecule has 6 nitrogen and oxygen atoms in total. The fourth-order valence-corrected chi connectivity index (χ4v) is 3.85. The summed E-state index contributed by atoms with van der Waals surface area (Å²) in [7, 11) is -1.93. The molecule has 0 unspecified atom stereocenters. The van der Waals surface area contributed by atoms with E-state index in [9.17, 15) is 13.2 Å². The van der Waals surface area contributed by atoms with Crippen molar-refractivity contribution in [1.82, 2.24) is 9.29 Å². The summed E-state index contributed by atoms with van der Waals surface area (Å²) in [5.41, 5.74) is 0.664. The van der Waals surface area contributed by atoms with Crippen LogP contribution in [0.4, 0.5) is 5.13 Å². The second kappa shape index (κ2) is 5.47. The maximum atomic E-state index is 12.2. The lowest BCUT2D eigenvalue weighted by Gasteiger charge is -2.14. The third-order valence-corrected chi connectivity index (χ3v) is 5.66. The first-order valence-corrected chi connectivity index (χ1v) is 8.24. The SMILES string of the molecule is CCN(C)S(=O)(=O)c1ccc2nc(NC(C)=O)sc2c1. The molecule has 20 heavy (non-hydrogen) atoms. The molecule has 0 aliphatic rings. The van der Waals surface area contributed by atoms with E-state index in [1.165, 1.54) is 35.7 Å². The van der Waals surface area contributed by atoms with Gasteiger partial charge in [-0.15, -0.1) is 0 Å². The van der Waals surface area contributed by atoms with Gasteiger partial charge in [-0.2, -0.15) is 0 Å². The van der Waals surface area contributed by atoms with E-state index in [1.54, 1.807) is 19.1 Å². The Morgan fingerprint density at radius 2 is 2.15 bits per heavy atom. The molecule has 0 spiro atoms. The third kappa shape index (κ3) is 2.82. The number of anilines is 1. The molecule has 2 rings (SSSR count). The number of sulfonamides is 1. The van der Waals surface area contributed by atoms with E-state index in [0.717, 1.165) is 4.70 Å². The molecular formula is C12H15N3O3S2. The second-order valence-corrected chi connectivity index (χ2v) is 7.32. The Kier molecular flexibility index (Phi) is 4.07. The summed E-state index contributed by atoms with van der Waals surface area (Å²) in [6, 6.07) is 4.76. The van der Waals surface area contributed by atoms with Gasteiger partial charge in [0.15, 0.2) is 5.13 Å². The molecular weight excluding hydrogens is 298 g/mol. The Labute approximate surface area is 121 Å². The number of rotatable bonds is 4. The van der Waals surface area contributed by atoms with Gasteiger partial charge in [-0.05, 0) is 18.2 Å². The lowest BCUT2D eigenvalue weighted by molar-refractivity contribution is -0.114. The van der Waals surface area contributed by atoms with Crippen LogP contribution in [0.25, 0.3) is 10.2 Å². The molecule has 0 saturated carbocycles. The molecule has 2 aromatic rings. The van der Waals surface area contributed by atoms with Gasteiger partial charge in [-0.3, -0.25) is 4.79 Å². The highest BCUT2D eigenvalue weighted by molar-refractivity contribution is 7.89. The summed E-state index contributed by atoms with van der Waals surface area (Å²) in [4.78, 5) is 15.4. The van der Waals surface area contributed by atoms with Gasteiger partial charge in [0, 0.05) is 20.5 Å². The zero-order valence-electron chi connectivity index (χ0n) is 11.4. The van der Waals surface area contributed by atoms with Crippen LogP contribution < -0.4 is 5.32 Å². The average molecular weight is 313 g/mol. The average Bonchev–Trinajstić information content (AvgIpc) is 2.77. The number of hydrogen-bond donors (Lipinski definition) is 1. The minimum atomic E-state index is -3.47. The van der Waals surface area contributed by atoms with Crippen molar-refractivity contribution >= 4 is 42.6 Å². The van der Waals surface area contributed by atoms with Crippen LogP contribution >= 0.6 is 11.3 Å². The number of thiazole rings is 1. The Hall–Kier alpha value is -1.51. The van der Waals surface area contributed by atoms with Crippen molar-refractivity contribution in [1.29, 1.82) is 0 Å². The Bertz CT molecular complexity index is 752. The first-order chi connectivity index (χ1) is 9.34. The molecule has 1 heterocycles. The normalized spacial score (nSPS) is 12.0. The fourth-order valence-electron chi connectivity index (χ4n) is 1.62. The molecule has 0 fully saturated rings. The van der Waals surface area contributed by atoms with Crippen molar-refractivity contribution in [3.05, 3.63) is 18.2 Å². The lowest BCUT2D eigenvalue weighted by atomic mass is 10.3. The standard InChI is InChI=1S/C12H15N3O3S2/c1-4-15(3)20(17,18)9-5-6-10-11(7-9)19-12(14-10)13-8(2)16/h5-7H,4H2,1-3H3,(H,13,14,16). The molecule has 0 aliphatic heterocycles. The van der Waals surface area contributed by atoms with Crippen molar-refractivity contribution in [2.75, 3.05) is 18.9 Å². The van der Waals surface area contributed by atoms with Gasteiger partial charge in [0.2, 0.25) is 15.9 Å². The predicted octanol–water partition coefficient (Wildman–Crippen LogP) is 1.90. The van der Waals surface area contributed by atoms with Crippen molar-refractivity contribution in [3.8, 4) is 0 Å². The summed E-state index contributed by atoms with van der Waals surface area (Å²) in [5.74, 6) is -0.206. The highest BCUT2D eigenvalue weighted by Gasteiger charge is 2.20. The van der Waals surface area contributed by atoms with Crippen LogP contribution in [0, 0.1) is 0 Å². The summed E-state index contributed by atoms with van der Waals surface area (Å²) < 4.78 is 26.5. The molecule has 0 aliphatic carbocycles. The number of hydrogen-bond acceptors (Lipinski definition) is 5. The van der Waals surface area contributed by atoms with Gasteiger partial charge in [0.1, 0.15) is 0 Å². The zero-order chi connectivity index (χ0) is 14.9. The number of fused-ring (bicyclic) bond motifs is 1. The number of nitrogens with zero attached hydrogens (tertiary/aromatic N) is 2. The quantitative estimate of drug-likeness (QED) is 0.935. The van der Waals surface area contributed by atoms with Gasteiger partial charge in [-0.1, -0.05) is 18.3 Å². The Balaban J connectivity index is 2.46. The largest absolute Gasteiger partial charge is 0.302 e. The highest BCUT2D eigenvalue weighted by Crippen LogP contribution is 2.28.